The van der Waals surface area contributed by atoms with Crippen molar-refractivity contribution in [3.05, 3.63) is 64.1 Å². The van der Waals surface area contributed by atoms with Crippen molar-refractivity contribution in [3.8, 4) is 0 Å². The summed E-state index contributed by atoms with van der Waals surface area (Å²) in [5, 5.41) is 2.87. The molecule has 86 valence electrons. The highest BCUT2D eigenvalue weighted by molar-refractivity contribution is 9.10. The highest BCUT2D eigenvalue weighted by atomic mass is 79.9. The van der Waals surface area contributed by atoms with Gasteiger partial charge in [-0.1, -0.05) is 40.2 Å². The molecule has 0 radical (unpaired) electrons. The van der Waals surface area contributed by atoms with Crippen molar-refractivity contribution >= 4 is 27.5 Å². The number of benzene rings is 2. The molecule has 0 aliphatic rings. The Balaban J connectivity index is 2.23. The summed E-state index contributed by atoms with van der Waals surface area (Å²) in [6, 6.07) is 15.1. The third kappa shape index (κ3) is 2.94. The first-order valence-corrected chi connectivity index (χ1v) is 6.08. The van der Waals surface area contributed by atoms with Gasteiger partial charge in [0.1, 0.15) is 0 Å². The van der Waals surface area contributed by atoms with E-state index in [1.54, 1.807) is 0 Å². The van der Waals surface area contributed by atoms with Gasteiger partial charge in [0.15, 0.2) is 0 Å². The molecular formula is C14H12BrNO. The van der Waals surface area contributed by atoms with Gasteiger partial charge in [0.05, 0.1) is 0 Å². The van der Waals surface area contributed by atoms with E-state index >= 15 is 0 Å². The predicted octanol–water partition coefficient (Wildman–Crippen LogP) is 4.01. The number of carbonyl (C=O) groups is 1. The molecule has 0 bridgehead atoms. The second-order valence-corrected chi connectivity index (χ2v) is 4.70. The number of hydrogen-bond acceptors (Lipinski definition) is 1. The average molecular weight is 290 g/mol. The highest BCUT2D eigenvalue weighted by Crippen LogP contribution is 2.17. The number of halogens is 1. The van der Waals surface area contributed by atoms with Crippen molar-refractivity contribution < 1.29 is 4.79 Å². The molecule has 0 spiro atoms. The van der Waals surface area contributed by atoms with Crippen LogP contribution in [0.15, 0.2) is 53.0 Å². The number of amides is 1. The van der Waals surface area contributed by atoms with Gasteiger partial charge in [-0.2, -0.15) is 0 Å². The summed E-state index contributed by atoms with van der Waals surface area (Å²) in [7, 11) is 0. The summed E-state index contributed by atoms with van der Waals surface area (Å²) >= 11 is 3.37. The van der Waals surface area contributed by atoms with Crippen LogP contribution < -0.4 is 5.32 Å². The quantitative estimate of drug-likeness (QED) is 0.889. The molecule has 1 amide bonds. The summed E-state index contributed by atoms with van der Waals surface area (Å²) in [4.78, 5) is 12.1. The first-order chi connectivity index (χ1) is 8.16. The largest absolute Gasteiger partial charge is 0.322 e. The Kier molecular flexibility index (Phi) is 3.59. The van der Waals surface area contributed by atoms with Crippen LogP contribution in [0.5, 0.6) is 0 Å². The van der Waals surface area contributed by atoms with E-state index in [-0.39, 0.29) is 5.91 Å². The summed E-state index contributed by atoms with van der Waals surface area (Å²) in [5.74, 6) is -0.0880. The maximum Gasteiger partial charge on any atom is 0.255 e. The summed E-state index contributed by atoms with van der Waals surface area (Å²) in [6.45, 7) is 1.92. The molecule has 0 aromatic heterocycles. The lowest BCUT2D eigenvalue weighted by Crippen LogP contribution is -2.13. The van der Waals surface area contributed by atoms with Crippen LogP contribution in [-0.2, 0) is 0 Å². The molecule has 0 saturated heterocycles. The van der Waals surface area contributed by atoms with Gasteiger partial charge in [-0.3, -0.25) is 4.79 Å². The van der Waals surface area contributed by atoms with E-state index in [1.807, 2.05) is 55.5 Å². The van der Waals surface area contributed by atoms with Gasteiger partial charge < -0.3 is 5.32 Å². The molecule has 3 heteroatoms. The standard InChI is InChI=1S/C14H12BrNO/c1-10-7-8-11(15)9-13(10)14(17)16-12-5-3-2-4-6-12/h2-9H,1H3,(H,16,17). The molecule has 0 aliphatic carbocycles. The molecule has 2 rings (SSSR count). The van der Waals surface area contributed by atoms with Crippen molar-refractivity contribution in [2.75, 3.05) is 5.32 Å². The van der Waals surface area contributed by atoms with Crippen LogP contribution in [0.1, 0.15) is 15.9 Å². The molecule has 0 unspecified atom stereocenters. The predicted molar refractivity (Wildman–Crippen MR) is 73.3 cm³/mol. The Labute approximate surface area is 109 Å². The van der Waals surface area contributed by atoms with Gasteiger partial charge >= 0.3 is 0 Å². The lowest BCUT2D eigenvalue weighted by Gasteiger charge is -2.07. The number of rotatable bonds is 2. The van der Waals surface area contributed by atoms with Crippen LogP contribution in [0.25, 0.3) is 0 Å². The Morgan fingerprint density at radius 2 is 1.82 bits per heavy atom. The molecular weight excluding hydrogens is 278 g/mol. The average Bonchev–Trinajstić information content (AvgIpc) is 2.33. The number of anilines is 1. The third-order valence-corrected chi connectivity index (χ3v) is 2.97. The van der Waals surface area contributed by atoms with E-state index in [9.17, 15) is 4.79 Å². The molecule has 1 N–H and O–H groups in total. The molecule has 0 heterocycles. The number of aryl methyl sites for hydroxylation is 1. The first-order valence-electron chi connectivity index (χ1n) is 5.29. The molecule has 2 nitrogen and oxygen atoms in total. The van der Waals surface area contributed by atoms with Crippen LogP contribution >= 0.6 is 15.9 Å². The van der Waals surface area contributed by atoms with Gasteiger partial charge in [0.25, 0.3) is 5.91 Å². The van der Waals surface area contributed by atoms with E-state index in [2.05, 4.69) is 21.2 Å². The highest BCUT2D eigenvalue weighted by Gasteiger charge is 2.09. The van der Waals surface area contributed by atoms with E-state index in [1.165, 1.54) is 0 Å². The molecule has 0 atom stereocenters. The number of nitrogens with one attached hydrogen (secondary N) is 1. The fourth-order valence-electron chi connectivity index (χ4n) is 1.56. The zero-order valence-corrected chi connectivity index (χ0v) is 11.0. The van der Waals surface area contributed by atoms with E-state index in [0.29, 0.717) is 5.56 Å². The van der Waals surface area contributed by atoms with Crippen molar-refractivity contribution in [3.63, 3.8) is 0 Å². The molecule has 0 saturated carbocycles. The fourth-order valence-corrected chi connectivity index (χ4v) is 1.92. The zero-order valence-electron chi connectivity index (χ0n) is 9.41. The van der Waals surface area contributed by atoms with Crippen LogP contribution in [-0.4, -0.2) is 5.91 Å². The van der Waals surface area contributed by atoms with E-state index < -0.39 is 0 Å². The van der Waals surface area contributed by atoms with Crippen molar-refractivity contribution in [1.82, 2.24) is 0 Å². The summed E-state index contributed by atoms with van der Waals surface area (Å²) in [6.07, 6.45) is 0. The lowest BCUT2D eigenvalue weighted by molar-refractivity contribution is 0.102. The Morgan fingerprint density at radius 1 is 1.12 bits per heavy atom. The van der Waals surface area contributed by atoms with E-state index in [4.69, 9.17) is 0 Å². The van der Waals surface area contributed by atoms with Crippen molar-refractivity contribution in [2.24, 2.45) is 0 Å². The minimum Gasteiger partial charge on any atom is -0.322 e. The number of hydrogen-bond donors (Lipinski definition) is 1. The molecule has 0 aliphatic heterocycles. The second-order valence-electron chi connectivity index (χ2n) is 3.78. The smallest absolute Gasteiger partial charge is 0.255 e. The minimum absolute atomic E-state index is 0.0880. The van der Waals surface area contributed by atoms with Gasteiger partial charge in [-0.15, -0.1) is 0 Å². The molecule has 0 fully saturated rings. The van der Waals surface area contributed by atoms with Crippen LogP contribution in [0.2, 0.25) is 0 Å². The minimum atomic E-state index is -0.0880. The second kappa shape index (κ2) is 5.15. The lowest BCUT2D eigenvalue weighted by atomic mass is 10.1. The topological polar surface area (TPSA) is 29.1 Å². The Hall–Kier alpha value is -1.61. The maximum absolute atomic E-state index is 12.1. The third-order valence-electron chi connectivity index (χ3n) is 2.48. The van der Waals surface area contributed by atoms with Crippen LogP contribution in [0.4, 0.5) is 5.69 Å². The monoisotopic (exact) mass is 289 g/mol. The van der Waals surface area contributed by atoms with Crippen molar-refractivity contribution in [1.29, 1.82) is 0 Å². The van der Waals surface area contributed by atoms with E-state index in [0.717, 1.165) is 15.7 Å². The first kappa shape index (κ1) is 11.9. The molecule has 2 aromatic rings. The van der Waals surface area contributed by atoms with Crippen LogP contribution in [0, 0.1) is 6.92 Å². The number of para-hydroxylation sites is 1. The maximum atomic E-state index is 12.1. The van der Waals surface area contributed by atoms with Crippen LogP contribution in [0.3, 0.4) is 0 Å². The van der Waals surface area contributed by atoms with Gasteiger partial charge in [-0.05, 0) is 36.8 Å². The van der Waals surface area contributed by atoms with Crippen molar-refractivity contribution in [2.45, 2.75) is 6.92 Å². The Bertz CT molecular complexity index is 537. The molecule has 17 heavy (non-hydrogen) atoms. The zero-order chi connectivity index (χ0) is 12.3. The SMILES string of the molecule is Cc1ccc(Br)cc1C(=O)Nc1ccccc1. The van der Waals surface area contributed by atoms with Gasteiger partial charge in [-0.25, -0.2) is 0 Å². The van der Waals surface area contributed by atoms with Gasteiger partial charge in [0.2, 0.25) is 0 Å². The summed E-state index contributed by atoms with van der Waals surface area (Å²) in [5.41, 5.74) is 2.45. The fraction of sp³-hybridized carbons (Fsp3) is 0.0714. The number of carbonyl (C=O) groups excluding carboxylic acids is 1. The molecule has 2 aromatic carbocycles. The summed E-state index contributed by atoms with van der Waals surface area (Å²) < 4.78 is 0.904. The van der Waals surface area contributed by atoms with Gasteiger partial charge in [0, 0.05) is 15.7 Å². The Morgan fingerprint density at radius 3 is 2.53 bits per heavy atom. The normalized spacial score (nSPS) is 10.0.